The zero-order valence-electron chi connectivity index (χ0n) is 24.9. The number of amides is 1. The average molecular weight is 708 g/mol. The molecule has 0 saturated heterocycles. The Labute approximate surface area is 278 Å². The van der Waals surface area contributed by atoms with Crippen LogP contribution in [-0.4, -0.2) is 35.5 Å². The predicted molar refractivity (Wildman–Crippen MR) is 185 cm³/mol. The minimum atomic E-state index is -0.379. The van der Waals surface area contributed by atoms with Crippen LogP contribution in [0.5, 0.6) is 11.5 Å². The molecule has 1 amide bonds. The van der Waals surface area contributed by atoms with Gasteiger partial charge in [0.2, 0.25) is 0 Å². The van der Waals surface area contributed by atoms with E-state index < -0.39 is 0 Å². The molecule has 0 aliphatic carbocycles. The lowest BCUT2D eigenvalue weighted by Crippen LogP contribution is -2.21. The van der Waals surface area contributed by atoms with Crippen molar-refractivity contribution in [3.05, 3.63) is 114 Å². The van der Waals surface area contributed by atoms with Crippen LogP contribution in [0.3, 0.4) is 0 Å². The van der Waals surface area contributed by atoms with Gasteiger partial charge in [0.25, 0.3) is 11.5 Å². The van der Waals surface area contributed by atoms with E-state index in [4.69, 9.17) is 37.7 Å². The number of carbonyl (C=O) groups excluding carboxylic acids is 1. The average Bonchev–Trinajstić information content (AvgIpc) is 3.00. The first kappa shape index (κ1) is 32.2. The van der Waals surface area contributed by atoms with Crippen molar-refractivity contribution in [2.45, 2.75) is 26.7 Å². The molecule has 0 radical (unpaired) electrons. The summed E-state index contributed by atoms with van der Waals surface area (Å²) in [5, 5.41) is 8.76. The number of ether oxygens (including phenoxy) is 2. The van der Waals surface area contributed by atoms with Crippen LogP contribution in [0.15, 0.2) is 87.2 Å². The first-order valence-electron chi connectivity index (χ1n) is 14.0. The normalized spacial score (nSPS) is 11.4. The highest BCUT2D eigenvalue weighted by molar-refractivity contribution is 9.10. The second-order valence-corrected chi connectivity index (χ2v) is 12.3. The maximum Gasteiger partial charge on any atom is 0.282 e. The quantitative estimate of drug-likeness (QED) is 0.155. The Morgan fingerprint density at radius 2 is 1.80 bits per heavy atom. The van der Waals surface area contributed by atoms with Gasteiger partial charge in [-0.1, -0.05) is 49.2 Å². The molecule has 230 valence electrons. The molecule has 11 heteroatoms. The Bertz CT molecular complexity index is 1990. The molecule has 1 aromatic heterocycles. The van der Waals surface area contributed by atoms with Crippen LogP contribution in [0.25, 0.3) is 22.3 Å². The number of rotatable bonds is 9. The molecule has 0 aliphatic heterocycles. The Morgan fingerprint density at radius 3 is 2.51 bits per heavy atom. The Morgan fingerprint density at radius 1 is 1.07 bits per heavy atom. The SMILES string of the molecule is COc1cc(C)c(-c2nc3ccccc3c(=O)n2N=Cc2cc(Cl)cc(Br)c2OCC(=O)Nc2ccc(Cl)cc2)cc1C(C)C. The molecule has 0 bridgehead atoms. The lowest BCUT2D eigenvalue weighted by molar-refractivity contribution is -0.118. The van der Waals surface area contributed by atoms with Crippen molar-refractivity contribution in [1.29, 1.82) is 0 Å². The number of carbonyl (C=O) groups is 1. The molecule has 4 aromatic carbocycles. The number of nitrogens with one attached hydrogen (secondary N) is 1. The molecule has 1 heterocycles. The molecular formula is C34H29BrCl2N4O4. The number of halogens is 3. The molecule has 0 saturated carbocycles. The summed E-state index contributed by atoms with van der Waals surface area (Å²) < 4.78 is 13.3. The van der Waals surface area contributed by atoms with E-state index in [0.29, 0.717) is 48.2 Å². The van der Waals surface area contributed by atoms with E-state index in [1.807, 2.05) is 25.1 Å². The van der Waals surface area contributed by atoms with E-state index in [-0.39, 0.29) is 24.0 Å². The van der Waals surface area contributed by atoms with Gasteiger partial charge in [-0.15, -0.1) is 0 Å². The number of para-hydroxylation sites is 1. The van der Waals surface area contributed by atoms with E-state index >= 15 is 0 Å². The number of benzene rings is 4. The van der Waals surface area contributed by atoms with Crippen LogP contribution in [0, 0.1) is 6.92 Å². The van der Waals surface area contributed by atoms with Crippen molar-refractivity contribution in [3.8, 4) is 22.9 Å². The van der Waals surface area contributed by atoms with Gasteiger partial charge in [0, 0.05) is 26.9 Å². The van der Waals surface area contributed by atoms with E-state index in [1.54, 1.807) is 61.7 Å². The van der Waals surface area contributed by atoms with Crippen LogP contribution in [0.2, 0.25) is 10.0 Å². The van der Waals surface area contributed by atoms with Crippen LogP contribution in [-0.2, 0) is 4.79 Å². The molecule has 45 heavy (non-hydrogen) atoms. The third-order valence-corrected chi connectivity index (χ3v) is 8.08. The molecule has 0 fully saturated rings. The summed E-state index contributed by atoms with van der Waals surface area (Å²) in [7, 11) is 1.64. The fourth-order valence-corrected chi connectivity index (χ4v) is 5.86. The van der Waals surface area contributed by atoms with Gasteiger partial charge in [0.05, 0.1) is 28.7 Å². The van der Waals surface area contributed by atoms with E-state index in [9.17, 15) is 9.59 Å². The molecule has 1 N–H and O–H groups in total. The Hall–Kier alpha value is -4.18. The first-order chi connectivity index (χ1) is 21.5. The third kappa shape index (κ3) is 7.22. The first-order valence-corrected chi connectivity index (χ1v) is 15.5. The number of methoxy groups -OCH3 is 1. The number of fused-ring (bicyclic) bond motifs is 1. The van der Waals surface area contributed by atoms with Gasteiger partial charge in [0.1, 0.15) is 11.5 Å². The summed E-state index contributed by atoms with van der Waals surface area (Å²) in [6.45, 7) is 5.79. The molecule has 0 spiro atoms. The molecule has 0 aliphatic rings. The summed E-state index contributed by atoms with van der Waals surface area (Å²) in [4.78, 5) is 31.4. The Kier molecular flexibility index (Phi) is 9.92. The van der Waals surface area contributed by atoms with E-state index in [0.717, 1.165) is 22.4 Å². The second kappa shape index (κ2) is 13.9. The van der Waals surface area contributed by atoms with Crippen LogP contribution < -0.4 is 20.3 Å². The summed E-state index contributed by atoms with van der Waals surface area (Å²) in [6.07, 6.45) is 1.46. The van der Waals surface area contributed by atoms with Crippen molar-refractivity contribution in [1.82, 2.24) is 9.66 Å². The largest absolute Gasteiger partial charge is 0.496 e. The highest BCUT2D eigenvalue weighted by Gasteiger charge is 2.19. The van der Waals surface area contributed by atoms with Crippen LogP contribution >= 0.6 is 39.1 Å². The predicted octanol–water partition coefficient (Wildman–Crippen LogP) is 8.47. The zero-order chi connectivity index (χ0) is 32.2. The van der Waals surface area contributed by atoms with Gasteiger partial charge in [-0.3, -0.25) is 9.59 Å². The maximum absolute atomic E-state index is 13.9. The van der Waals surface area contributed by atoms with E-state index in [1.165, 1.54) is 10.9 Å². The van der Waals surface area contributed by atoms with E-state index in [2.05, 4.69) is 40.2 Å². The number of aryl methyl sites for hydroxylation is 1. The van der Waals surface area contributed by atoms with Crippen molar-refractivity contribution >= 4 is 67.8 Å². The summed E-state index contributed by atoms with van der Waals surface area (Å²) >= 11 is 15.8. The number of nitrogens with zero attached hydrogens (tertiary/aromatic N) is 3. The van der Waals surface area contributed by atoms with Gasteiger partial charge in [-0.05, 0) is 101 Å². The van der Waals surface area contributed by atoms with Crippen LogP contribution in [0.1, 0.15) is 36.5 Å². The fraction of sp³-hybridized carbons (Fsp3) is 0.176. The summed E-state index contributed by atoms with van der Waals surface area (Å²) in [6, 6.07) is 21.1. The third-order valence-electron chi connectivity index (χ3n) is 7.02. The van der Waals surface area contributed by atoms with Crippen molar-refractivity contribution in [2.75, 3.05) is 19.0 Å². The monoisotopic (exact) mass is 706 g/mol. The zero-order valence-corrected chi connectivity index (χ0v) is 28.0. The molecule has 5 rings (SSSR count). The Balaban J connectivity index is 1.57. The molecule has 0 unspecified atom stereocenters. The fourth-order valence-electron chi connectivity index (χ4n) is 4.79. The van der Waals surface area contributed by atoms with Gasteiger partial charge in [-0.25, -0.2) is 4.98 Å². The van der Waals surface area contributed by atoms with Gasteiger partial charge in [-0.2, -0.15) is 9.78 Å². The highest BCUT2D eigenvalue weighted by Crippen LogP contribution is 2.35. The highest BCUT2D eigenvalue weighted by atomic mass is 79.9. The lowest BCUT2D eigenvalue weighted by atomic mass is 9.96. The minimum Gasteiger partial charge on any atom is -0.496 e. The van der Waals surface area contributed by atoms with Gasteiger partial charge < -0.3 is 14.8 Å². The maximum atomic E-state index is 13.9. The minimum absolute atomic E-state index is 0.156. The smallest absolute Gasteiger partial charge is 0.282 e. The topological polar surface area (TPSA) is 94.8 Å². The summed E-state index contributed by atoms with van der Waals surface area (Å²) in [5.41, 5.74) is 3.79. The number of hydrogen-bond donors (Lipinski definition) is 1. The second-order valence-electron chi connectivity index (χ2n) is 10.5. The molecule has 0 atom stereocenters. The summed E-state index contributed by atoms with van der Waals surface area (Å²) in [5.74, 6) is 1.22. The standard InChI is InChI=1S/C34H29BrCl2N4O4/c1-19(2)26-16-27(20(3)13-30(26)44-4)33-40-29-8-6-5-7-25(29)34(43)41(33)38-17-21-14-23(37)15-28(35)32(21)45-18-31(42)39-24-11-9-22(36)10-12-24/h5-17,19H,18H2,1-4H3,(H,39,42). The molecule has 8 nitrogen and oxygen atoms in total. The molecular weight excluding hydrogens is 679 g/mol. The number of hydrogen-bond acceptors (Lipinski definition) is 6. The van der Waals surface area contributed by atoms with Gasteiger partial charge in [0.15, 0.2) is 12.4 Å². The van der Waals surface area contributed by atoms with Crippen molar-refractivity contribution < 1.29 is 14.3 Å². The molecule has 5 aromatic rings. The van der Waals surface area contributed by atoms with Crippen LogP contribution in [0.4, 0.5) is 5.69 Å². The van der Waals surface area contributed by atoms with Crippen molar-refractivity contribution in [2.24, 2.45) is 5.10 Å². The number of aromatic nitrogens is 2. The van der Waals surface area contributed by atoms with Gasteiger partial charge >= 0.3 is 0 Å². The lowest BCUT2D eigenvalue weighted by Gasteiger charge is -2.17. The number of anilines is 1. The van der Waals surface area contributed by atoms with Crippen molar-refractivity contribution in [3.63, 3.8) is 0 Å².